The lowest BCUT2D eigenvalue weighted by Gasteiger charge is -2.15. The van der Waals surface area contributed by atoms with Gasteiger partial charge in [0.25, 0.3) is 0 Å². The van der Waals surface area contributed by atoms with Crippen molar-refractivity contribution in [2.24, 2.45) is 0 Å². The predicted molar refractivity (Wildman–Crippen MR) is 54.3 cm³/mol. The molecule has 0 fully saturated rings. The van der Waals surface area contributed by atoms with Crippen LogP contribution in [0.25, 0.3) is 0 Å². The Labute approximate surface area is 94.4 Å². The Kier molecular flexibility index (Phi) is 7.32. The van der Waals surface area contributed by atoms with E-state index in [0.29, 0.717) is 0 Å². The second-order valence-electron chi connectivity index (χ2n) is 2.37. The number of hydrogen-bond donors (Lipinski definition) is 1. The van der Waals surface area contributed by atoms with Crippen LogP contribution >= 0.6 is 7.82 Å². The van der Waals surface area contributed by atoms with Crippen LogP contribution in [0, 0.1) is 0 Å². The maximum Gasteiger partial charge on any atom is 0.474 e. The molecule has 10 heteroatoms. The van der Waals surface area contributed by atoms with Gasteiger partial charge in [0.05, 0.1) is 26.4 Å². The zero-order valence-corrected chi connectivity index (χ0v) is 10.7. The van der Waals surface area contributed by atoms with Crippen molar-refractivity contribution >= 4 is 18.2 Å². The number of hydrogen-bond acceptors (Lipinski definition) is 7. The molecule has 0 bridgehead atoms. The van der Waals surface area contributed by atoms with Crippen LogP contribution in [0.3, 0.4) is 0 Å². The summed E-state index contributed by atoms with van der Waals surface area (Å²) in [5, 5.41) is 0. The lowest BCUT2D eigenvalue weighted by atomic mass is 10.8. The molecule has 0 unspecified atom stereocenters. The van der Waals surface area contributed by atoms with Crippen molar-refractivity contribution in [1.29, 1.82) is 0 Å². The fraction of sp³-hybridized carbons (Fsp3) is 1.00. The van der Waals surface area contributed by atoms with Crippen LogP contribution in [0.4, 0.5) is 0 Å². The summed E-state index contributed by atoms with van der Waals surface area (Å²) in [4.78, 5) is 0. The molecule has 0 radical (unpaired) electrons. The van der Waals surface area contributed by atoms with E-state index in [9.17, 15) is 13.0 Å². The predicted octanol–water partition coefficient (Wildman–Crippen LogP) is 1.00. The molecule has 0 aromatic heterocycles. The van der Waals surface area contributed by atoms with Crippen LogP contribution in [-0.2, 0) is 32.7 Å². The highest BCUT2D eigenvalue weighted by Crippen LogP contribution is 2.48. The van der Waals surface area contributed by atoms with E-state index >= 15 is 0 Å². The van der Waals surface area contributed by atoms with Crippen molar-refractivity contribution in [2.75, 3.05) is 26.4 Å². The molecule has 0 rings (SSSR count). The second kappa shape index (κ2) is 7.33. The minimum atomic E-state index is -4.52. The van der Waals surface area contributed by atoms with Crippen LogP contribution in [0.2, 0.25) is 0 Å². The van der Waals surface area contributed by atoms with Crippen LogP contribution in [-0.4, -0.2) is 39.4 Å². The first kappa shape index (κ1) is 16.0. The molecule has 8 nitrogen and oxygen atoms in total. The van der Waals surface area contributed by atoms with Crippen LogP contribution in [0.1, 0.15) is 13.8 Å². The number of phosphoric acid groups is 1. The van der Waals surface area contributed by atoms with Crippen molar-refractivity contribution in [3.63, 3.8) is 0 Å². The fourth-order valence-electron chi connectivity index (χ4n) is 0.716. The summed E-state index contributed by atoms with van der Waals surface area (Å²) in [6.07, 6.45) is 0. The molecule has 0 saturated heterocycles. The normalized spacial score (nSPS) is 12.9. The average molecular weight is 278 g/mol. The molecule has 0 atom stereocenters. The lowest BCUT2D eigenvalue weighted by molar-refractivity contribution is 0.105. The number of phosphoric ester groups is 1. The highest BCUT2D eigenvalue weighted by atomic mass is 32.3. The first-order valence-corrected chi connectivity index (χ1v) is 7.31. The summed E-state index contributed by atoms with van der Waals surface area (Å²) in [5.74, 6) is 0. The van der Waals surface area contributed by atoms with Crippen LogP contribution < -0.4 is 0 Å². The quantitative estimate of drug-likeness (QED) is 0.378. The Bertz CT molecular complexity index is 315. The van der Waals surface area contributed by atoms with Gasteiger partial charge in [0.2, 0.25) is 0 Å². The van der Waals surface area contributed by atoms with Crippen molar-refractivity contribution in [3.8, 4) is 0 Å². The summed E-state index contributed by atoms with van der Waals surface area (Å²) >= 11 is 0. The maximum absolute atomic E-state index is 11.6. The third-order valence-electron chi connectivity index (χ3n) is 1.14. The fourth-order valence-corrected chi connectivity index (χ4v) is 2.15. The van der Waals surface area contributed by atoms with Crippen molar-refractivity contribution in [3.05, 3.63) is 0 Å². The lowest BCUT2D eigenvalue weighted by Crippen LogP contribution is -2.10. The minimum absolute atomic E-state index is 0.121. The van der Waals surface area contributed by atoms with Gasteiger partial charge in [-0.05, 0) is 13.8 Å². The average Bonchev–Trinajstić information content (AvgIpc) is 2.12. The molecule has 0 aromatic rings. The summed E-state index contributed by atoms with van der Waals surface area (Å²) in [5.41, 5.74) is 0. The zero-order valence-electron chi connectivity index (χ0n) is 8.99. The van der Waals surface area contributed by atoms with Gasteiger partial charge >= 0.3 is 18.2 Å². The van der Waals surface area contributed by atoms with Crippen molar-refractivity contribution in [2.45, 2.75) is 13.8 Å². The third-order valence-corrected chi connectivity index (χ3v) is 3.25. The molecule has 0 aliphatic carbocycles. The Hall–Kier alpha value is -0.0200. The van der Waals surface area contributed by atoms with Crippen molar-refractivity contribution < 1.29 is 35.3 Å². The van der Waals surface area contributed by atoms with Gasteiger partial charge in [-0.2, -0.15) is 8.42 Å². The van der Waals surface area contributed by atoms with Gasteiger partial charge < -0.3 is 0 Å². The topological polar surface area (TPSA) is 108 Å². The van der Waals surface area contributed by atoms with Crippen molar-refractivity contribution in [1.82, 2.24) is 0 Å². The monoisotopic (exact) mass is 278 g/mol. The zero-order chi connectivity index (χ0) is 12.7. The Morgan fingerprint density at radius 1 is 1.06 bits per heavy atom. The molecule has 1 N–H and O–H groups in total. The largest absolute Gasteiger partial charge is 0.474 e. The molecule has 0 amide bonds. The second-order valence-corrected chi connectivity index (χ2v) is 5.13. The molecule has 0 saturated carbocycles. The van der Waals surface area contributed by atoms with E-state index in [2.05, 4.69) is 4.18 Å². The van der Waals surface area contributed by atoms with Gasteiger partial charge in [-0.3, -0.25) is 18.1 Å². The first-order valence-electron chi connectivity index (χ1n) is 4.48. The summed E-state index contributed by atoms with van der Waals surface area (Å²) in [6.45, 7) is 2.61. The summed E-state index contributed by atoms with van der Waals surface area (Å²) in [7, 11) is -8.18. The van der Waals surface area contributed by atoms with Gasteiger partial charge in [-0.25, -0.2) is 8.75 Å². The third kappa shape index (κ3) is 8.17. The molecular weight excluding hydrogens is 263 g/mol. The van der Waals surface area contributed by atoms with E-state index in [1.54, 1.807) is 13.8 Å². The molecule has 16 heavy (non-hydrogen) atoms. The molecule has 0 aromatic carbocycles. The highest BCUT2D eigenvalue weighted by molar-refractivity contribution is 7.80. The van der Waals surface area contributed by atoms with Gasteiger partial charge in [0.1, 0.15) is 0 Å². The maximum atomic E-state index is 11.6. The summed E-state index contributed by atoms with van der Waals surface area (Å²) < 4.78 is 58.3. The van der Waals surface area contributed by atoms with Gasteiger partial charge in [0.15, 0.2) is 0 Å². The molecule has 0 aliphatic heterocycles. The number of rotatable bonds is 9. The molecule has 0 aliphatic rings. The van der Waals surface area contributed by atoms with E-state index in [-0.39, 0.29) is 19.8 Å². The standard InChI is InChI=1S/C6H15O8PS/c1-3-11-15(7,12-4-2)13-5-6-14-16(8,9)10/h3-6H2,1-2H3,(H,8,9,10). The molecule has 0 spiro atoms. The molecular formula is C6H15O8PS. The Morgan fingerprint density at radius 2 is 1.56 bits per heavy atom. The summed E-state index contributed by atoms with van der Waals surface area (Å²) in [6, 6.07) is 0. The highest BCUT2D eigenvalue weighted by Gasteiger charge is 2.25. The van der Waals surface area contributed by atoms with Crippen LogP contribution in [0.5, 0.6) is 0 Å². The van der Waals surface area contributed by atoms with Gasteiger partial charge in [0, 0.05) is 0 Å². The van der Waals surface area contributed by atoms with E-state index in [1.807, 2.05) is 0 Å². The minimum Gasteiger partial charge on any atom is -0.287 e. The molecule has 0 heterocycles. The molecule has 98 valence electrons. The van der Waals surface area contributed by atoms with Crippen LogP contribution in [0.15, 0.2) is 0 Å². The first-order chi connectivity index (χ1) is 7.33. The van der Waals surface area contributed by atoms with E-state index in [0.717, 1.165) is 0 Å². The SMILES string of the molecule is CCOP(=O)(OCC)OCCOS(=O)(=O)O. The van der Waals surface area contributed by atoms with Gasteiger partial charge in [-0.15, -0.1) is 0 Å². The van der Waals surface area contributed by atoms with E-state index in [4.69, 9.17) is 18.1 Å². The Morgan fingerprint density at radius 3 is 1.94 bits per heavy atom. The smallest absolute Gasteiger partial charge is 0.287 e. The van der Waals surface area contributed by atoms with Gasteiger partial charge in [-0.1, -0.05) is 0 Å². The Balaban J connectivity index is 3.99. The van der Waals surface area contributed by atoms with E-state index in [1.165, 1.54) is 0 Å². The van der Waals surface area contributed by atoms with E-state index < -0.39 is 24.8 Å².